The quantitative estimate of drug-likeness (QED) is 0.457. The summed E-state index contributed by atoms with van der Waals surface area (Å²) < 4.78 is 0. The summed E-state index contributed by atoms with van der Waals surface area (Å²) in [6.07, 6.45) is 0.846. The molecule has 0 unspecified atom stereocenters. The molecule has 0 spiro atoms. The fraction of sp³-hybridized carbons (Fsp3) is 0.0556. The molecule has 0 bridgehead atoms. The summed E-state index contributed by atoms with van der Waals surface area (Å²) in [6, 6.07) is 20.2. The second kappa shape index (κ2) is 3.79. The minimum absolute atomic E-state index is 0.155. The molecule has 0 atom stereocenters. The van der Waals surface area contributed by atoms with Crippen molar-refractivity contribution < 1.29 is 4.79 Å². The lowest BCUT2D eigenvalue weighted by Crippen LogP contribution is -2.15. The van der Waals surface area contributed by atoms with E-state index in [0.717, 1.165) is 23.1 Å². The van der Waals surface area contributed by atoms with Crippen molar-refractivity contribution in [3.05, 3.63) is 82.9 Å². The molecule has 90 valence electrons. The fourth-order valence-electron chi connectivity index (χ4n) is 2.97. The van der Waals surface area contributed by atoms with Crippen LogP contribution in [0.15, 0.2) is 60.7 Å². The van der Waals surface area contributed by atoms with E-state index in [4.69, 9.17) is 0 Å². The van der Waals surface area contributed by atoms with Crippen LogP contribution in [0.4, 0.5) is 0 Å². The fourth-order valence-corrected chi connectivity index (χ4v) is 2.97. The number of hydrogen-bond donors (Lipinski definition) is 0. The van der Waals surface area contributed by atoms with Crippen LogP contribution in [0.5, 0.6) is 0 Å². The van der Waals surface area contributed by atoms with E-state index in [1.807, 2.05) is 42.5 Å². The van der Waals surface area contributed by atoms with Gasteiger partial charge in [0.1, 0.15) is 0 Å². The van der Waals surface area contributed by atoms with Crippen molar-refractivity contribution in [2.75, 3.05) is 0 Å². The summed E-state index contributed by atoms with van der Waals surface area (Å²) in [5.74, 6) is 0.155. The summed E-state index contributed by atoms with van der Waals surface area (Å²) >= 11 is 0. The first kappa shape index (κ1) is 10.5. The van der Waals surface area contributed by atoms with Gasteiger partial charge in [-0.25, -0.2) is 0 Å². The standard InChI is InChI=1S/C18H12O/c19-18-15-8-4-2-6-13(15)11-17-14-7-3-1-5-12(14)9-10-16(17)18/h1-10H,11H2. The Morgan fingerprint density at radius 3 is 2.47 bits per heavy atom. The van der Waals surface area contributed by atoms with E-state index in [1.54, 1.807) is 0 Å². The molecule has 0 amide bonds. The zero-order chi connectivity index (χ0) is 12.8. The number of benzene rings is 3. The molecule has 4 rings (SSSR count). The SMILES string of the molecule is O=C1c2ccccc2Cc2c1ccc1ccccc21. The van der Waals surface area contributed by atoms with Crippen molar-refractivity contribution >= 4 is 16.6 Å². The summed E-state index contributed by atoms with van der Waals surface area (Å²) in [7, 11) is 0. The molecule has 3 aromatic carbocycles. The first-order valence-electron chi connectivity index (χ1n) is 6.48. The molecule has 0 aromatic heterocycles. The van der Waals surface area contributed by atoms with Crippen LogP contribution in [0.1, 0.15) is 27.0 Å². The highest BCUT2D eigenvalue weighted by Gasteiger charge is 2.23. The molecular formula is C18H12O. The average Bonchev–Trinajstić information content (AvgIpc) is 2.47. The molecule has 0 heterocycles. The maximum atomic E-state index is 12.6. The number of ketones is 1. The predicted molar refractivity (Wildman–Crippen MR) is 76.6 cm³/mol. The minimum Gasteiger partial charge on any atom is -0.289 e. The zero-order valence-electron chi connectivity index (χ0n) is 10.4. The predicted octanol–water partition coefficient (Wildman–Crippen LogP) is 3.98. The molecule has 0 saturated carbocycles. The number of carbonyl (C=O) groups excluding carboxylic acids is 1. The first-order valence-corrected chi connectivity index (χ1v) is 6.48. The highest BCUT2D eigenvalue weighted by atomic mass is 16.1. The van der Waals surface area contributed by atoms with Crippen molar-refractivity contribution in [2.45, 2.75) is 6.42 Å². The lowest BCUT2D eigenvalue weighted by atomic mass is 9.83. The van der Waals surface area contributed by atoms with Crippen molar-refractivity contribution in [2.24, 2.45) is 0 Å². The average molecular weight is 244 g/mol. The number of rotatable bonds is 0. The summed E-state index contributed by atoms with van der Waals surface area (Å²) in [4.78, 5) is 12.6. The zero-order valence-corrected chi connectivity index (χ0v) is 10.4. The van der Waals surface area contributed by atoms with E-state index >= 15 is 0 Å². The van der Waals surface area contributed by atoms with Gasteiger partial charge in [-0.3, -0.25) is 4.79 Å². The van der Waals surface area contributed by atoms with E-state index < -0.39 is 0 Å². The Morgan fingerprint density at radius 2 is 1.53 bits per heavy atom. The second-order valence-electron chi connectivity index (χ2n) is 4.98. The normalized spacial score (nSPS) is 13.2. The van der Waals surface area contributed by atoms with Gasteiger partial charge < -0.3 is 0 Å². The Hall–Kier alpha value is -2.41. The maximum absolute atomic E-state index is 12.6. The van der Waals surface area contributed by atoms with E-state index in [2.05, 4.69) is 18.2 Å². The number of hydrogen-bond acceptors (Lipinski definition) is 1. The van der Waals surface area contributed by atoms with Gasteiger partial charge in [-0.05, 0) is 28.3 Å². The summed E-state index contributed by atoms with van der Waals surface area (Å²) in [6.45, 7) is 0. The monoisotopic (exact) mass is 244 g/mol. The molecule has 0 fully saturated rings. The van der Waals surface area contributed by atoms with Crippen molar-refractivity contribution in [3.63, 3.8) is 0 Å². The van der Waals surface area contributed by atoms with Gasteiger partial charge in [0.15, 0.2) is 5.78 Å². The van der Waals surface area contributed by atoms with Crippen LogP contribution < -0.4 is 0 Å². The Bertz CT molecular complexity index is 815. The van der Waals surface area contributed by atoms with Crippen LogP contribution >= 0.6 is 0 Å². The highest BCUT2D eigenvalue weighted by molar-refractivity contribution is 6.14. The molecule has 1 nitrogen and oxygen atoms in total. The molecule has 1 aliphatic carbocycles. The third-order valence-corrected chi connectivity index (χ3v) is 3.91. The Labute approximate surface area is 111 Å². The molecule has 0 radical (unpaired) electrons. The van der Waals surface area contributed by atoms with Gasteiger partial charge in [-0.15, -0.1) is 0 Å². The summed E-state index contributed by atoms with van der Waals surface area (Å²) in [5.41, 5.74) is 4.01. The van der Waals surface area contributed by atoms with Crippen LogP contribution in [0, 0.1) is 0 Å². The Morgan fingerprint density at radius 1 is 0.737 bits per heavy atom. The third-order valence-electron chi connectivity index (χ3n) is 3.91. The first-order chi connectivity index (χ1) is 9.34. The van der Waals surface area contributed by atoms with E-state index in [1.165, 1.54) is 16.3 Å². The largest absolute Gasteiger partial charge is 0.289 e. The van der Waals surface area contributed by atoms with Crippen molar-refractivity contribution in [1.82, 2.24) is 0 Å². The van der Waals surface area contributed by atoms with E-state index in [0.29, 0.717) is 0 Å². The van der Waals surface area contributed by atoms with Crippen molar-refractivity contribution in [3.8, 4) is 0 Å². The van der Waals surface area contributed by atoms with Crippen LogP contribution in [-0.4, -0.2) is 5.78 Å². The molecule has 1 heteroatoms. The topological polar surface area (TPSA) is 17.1 Å². The summed E-state index contributed by atoms with van der Waals surface area (Å²) in [5, 5.41) is 2.40. The van der Waals surface area contributed by atoms with E-state index in [9.17, 15) is 4.79 Å². The van der Waals surface area contributed by atoms with Crippen LogP contribution in [-0.2, 0) is 6.42 Å². The molecule has 0 saturated heterocycles. The number of carbonyl (C=O) groups is 1. The van der Waals surface area contributed by atoms with Gasteiger partial charge in [-0.1, -0.05) is 60.7 Å². The van der Waals surface area contributed by atoms with Crippen LogP contribution in [0.2, 0.25) is 0 Å². The van der Waals surface area contributed by atoms with Gasteiger partial charge in [0.2, 0.25) is 0 Å². The molecule has 0 aliphatic heterocycles. The minimum atomic E-state index is 0.155. The lowest BCUT2D eigenvalue weighted by molar-refractivity contribution is 0.103. The van der Waals surface area contributed by atoms with Crippen molar-refractivity contribution in [1.29, 1.82) is 0 Å². The number of fused-ring (bicyclic) bond motifs is 4. The third kappa shape index (κ3) is 1.45. The van der Waals surface area contributed by atoms with Gasteiger partial charge in [0, 0.05) is 11.1 Å². The van der Waals surface area contributed by atoms with Gasteiger partial charge in [-0.2, -0.15) is 0 Å². The van der Waals surface area contributed by atoms with E-state index in [-0.39, 0.29) is 5.78 Å². The molecule has 3 aromatic rings. The van der Waals surface area contributed by atoms with Gasteiger partial charge >= 0.3 is 0 Å². The smallest absolute Gasteiger partial charge is 0.193 e. The molecule has 0 N–H and O–H groups in total. The Kier molecular flexibility index (Phi) is 2.10. The van der Waals surface area contributed by atoms with Gasteiger partial charge in [0.05, 0.1) is 0 Å². The van der Waals surface area contributed by atoms with Crippen LogP contribution in [0.3, 0.4) is 0 Å². The second-order valence-corrected chi connectivity index (χ2v) is 4.98. The highest BCUT2D eigenvalue weighted by Crippen LogP contribution is 2.32. The van der Waals surface area contributed by atoms with Gasteiger partial charge in [0.25, 0.3) is 0 Å². The molecular weight excluding hydrogens is 232 g/mol. The molecule has 1 aliphatic rings. The lowest BCUT2D eigenvalue weighted by Gasteiger charge is -2.20. The molecule has 19 heavy (non-hydrogen) atoms. The maximum Gasteiger partial charge on any atom is 0.193 e. The Balaban J connectivity index is 2.05. The van der Waals surface area contributed by atoms with Crippen LogP contribution in [0.25, 0.3) is 10.8 Å².